The van der Waals surface area contributed by atoms with Gasteiger partial charge >= 0.3 is 0 Å². The van der Waals surface area contributed by atoms with Crippen LogP contribution >= 0.6 is 0 Å². The van der Waals surface area contributed by atoms with Crippen LogP contribution in [0.3, 0.4) is 0 Å². The van der Waals surface area contributed by atoms with E-state index < -0.39 is 0 Å². The van der Waals surface area contributed by atoms with Gasteiger partial charge in [-0.15, -0.1) is 0 Å². The molecule has 1 aliphatic rings. The maximum Gasteiger partial charge on any atom is 0.209 e. The molecule has 3 rings (SSSR count). The molecule has 1 saturated heterocycles. The monoisotopic (exact) mass is 280 g/mol. The van der Waals surface area contributed by atoms with Crippen molar-refractivity contribution in [2.75, 3.05) is 26.2 Å². The molecular weight excluding hydrogens is 260 g/mol. The Hall–Kier alpha value is -2.13. The van der Waals surface area contributed by atoms with Crippen LogP contribution in [0, 0.1) is 0 Å². The van der Waals surface area contributed by atoms with Crippen molar-refractivity contribution in [3.8, 4) is 0 Å². The normalized spacial score (nSPS) is 16.1. The highest BCUT2D eigenvalue weighted by molar-refractivity contribution is 5.47. The standard InChI is InChI=1S/C18H20N2O/c21-15-19-11-13-20(14-12-19)18(16-7-3-1-4-8-16)17-9-5-2-6-10-17/h1-10,15,18H,11-14H2. The summed E-state index contributed by atoms with van der Waals surface area (Å²) in [4.78, 5) is 15.2. The van der Waals surface area contributed by atoms with E-state index in [0.717, 1.165) is 32.6 Å². The Balaban J connectivity index is 1.89. The zero-order valence-electron chi connectivity index (χ0n) is 12.1. The van der Waals surface area contributed by atoms with E-state index in [1.807, 2.05) is 4.90 Å². The molecule has 0 radical (unpaired) electrons. The van der Waals surface area contributed by atoms with Gasteiger partial charge in [-0.3, -0.25) is 9.69 Å². The molecule has 2 aromatic carbocycles. The zero-order valence-corrected chi connectivity index (χ0v) is 12.1. The lowest BCUT2D eigenvalue weighted by atomic mass is 9.96. The highest BCUT2D eigenvalue weighted by atomic mass is 16.1. The van der Waals surface area contributed by atoms with Crippen molar-refractivity contribution in [3.63, 3.8) is 0 Å². The molecule has 0 unspecified atom stereocenters. The number of carbonyl (C=O) groups is 1. The van der Waals surface area contributed by atoms with Crippen molar-refractivity contribution < 1.29 is 4.79 Å². The lowest BCUT2D eigenvalue weighted by molar-refractivity contribution is -0.119. The first kappa shape index (κ1) is 13.8. The fraction of sp³-hybridized carbons (Fsp3) is 0.278. The fourth-order valence-electron chi connectivity index (χ4n) is 2.99. The molecule has 2 aromatic rings. The van der Waals surface area contributed by atoms with Crippen molar-refractivity contribution in [1.82, 2.24) is 9.80 Å². The fourth-order valence-corrected chi connectivity index (χ4v) is 2.99. The Labute approximate surface area is 125 Å². The summed E-state index contributed by atoms with van der Waals surface area (Å²) in [7, 11) is 0. The van der Waals surface area contributed by atoms with E-state index in [1.54, 1.807) is 0 Å². The van der Waals surface area contributed by atoms with E-state index >= 15 is 0 Å². The molecule has 3 nitrogen and oxygen atoms in total. The quantitative estimate of drug-likeness (QED) is 0.804. The summed E-state index contributed by atoms with van der Waals surface area (Å²) >= 11 is 0. The van der Waals surface area contributed by atoms with Crippen LogP contribution in [0.2, 0.25) is 0 Å². The van der Waals surface area contributed by atoms with Crippen molar-refractivity contribution in [1.29, 1.82) is 0 Å². The van der Waals surface area contributed by atoms with Gasteiger partial charge in [0.25, 0.3) is 0 Å². The number of nitrogens with zero attached hydrogens (tertiary/aromatic N) is 2. The van der Waals surface area contributed by atoms with Gasteiger partial charge in [-0.05, 0) is 11.1 Å². The summed E-state index contributed by atoms with van der Waals surface area (Å²) in [6.07, 6.45) is 0.956. The average Bonchev–Trinajstić information content (AvgIpc) is 2.58. The molecule has 1 heterocycles. The minimum atomic E-state index is 0.265. The van der Waals surface area contributed by atoms with Gasteiger partial charge < -0.3 is 4.90 Å². The summed E-state index contributed by atoms with van der Waals surface area (Å²) in [5.74, 6) is 0. The predicted molar refractivity (Wildman–Crippen MR) is 83.9 cm³/mol. The smallest absolute Gasteiger partial charge is 0.209 e. The van der Waals surface area contributed by atoms with E-state index in [4.69, 9.17) is 0 Å². The molecule has 1 fully saturated rings. The first-order chi connectivity index (χ1) is 10.4. The largest absolute Gasteiger partial charge is 0.343 e. The number of piperazine rings is 1. The van der Waals surface area contributed by atoms with Gasteiger partial charge in [0.15, 0.2) is 0 Å². The topological polar surface area (TPSA) is 23.6 Å². The molecule has 0 atom stereocenters. The third-order valence-electron chi connectivity index (χ3n) is 4.09. The van der Waals surface area contributed by atoms with Crippen molar-refractivity contribution in [2.24, 2.45) is 0 Å². The van der Waals surface area contributed by atoms with Crippen molar-refractivity contribution in [3.05, 3.63) is 71.8 Å². The number of amides is 1. The van der Waals surface area contributed by atoms with E-state index in [2.05, 4.69) is 65.6 Å². The van der Waals surface area contributed by atoms with Gasteiger partial charge in [-0.25, -0.2) is 0 Å². The van der Waals surface area contributed by atoms with E-state index in [-0.39, 0.29) is 6.04 Å². The van der Waals surface area contributed by atoms with Gasteiger partial charge in [-0.2, -0.15) is 0 Å². The number of hydrogen-bond acceptors (Lipinski definition) is 2. The van der Waals surface area contributed by atoms with Crippen LogP contribution in [0.25, 0.3) is 0 Å². The Kier molecular flexibility index (Phi) is 4.31. The molecule has 1 amide bonds. The van der Waals surface area contributed by atoms with Crippen molar-refractivity contribution >= 4 is 6.41 Å². The Morgan fingerprint density at radius 1 is 0.762 bits per heavy atom. The molecule has 0 bridgehead atoms. The molecular formula is C18H20N2O. The lowest BCUT2D eigenvalue weighted by Gasteiger charge is -2.38. The molecule has 1 aliphatic heterocycles. The zero-order chi connectivity index (χ0) is 14.5. The van der Waals surface area contributed by atoms with Gasteiger partial charge in [-0.1, -0.05) is 60.7 Å². The molecule has 0 spiro atoms. The molecule has 0 aromatic heterocycles. The van der Waals surface area contributed by atoms with Crippen LogP contribution < -0.4 is 0 Å². The van der Waals surface area contributed by atoms with E-state index in [1.165, 1.54) is 11.1 Å². The van der Waals surface area contributed by atoms with Gasteiger partial charge in [0.05, 0.1) is 6.04 Å². The minimum Gasteiger partial charge on any atom is -0.343 e. The predicted octanol–water partition coefficient (Wildman–Crippen LogP) is 2.55. The highest BCUT2D eigenvalue weighted by Crippen LogP contribution is 2.29. The Morgan fingerprint density at radius 2 is 1.24 bits per heavy atom. The number of carbonyl (C=O) groups excluding carboxylic acids is 1. The lowest BCUT2D eigenvalue weighted by Crippen LogP contribution is -2.47. The summed E-state index contributed by atoms with van der Waals surface area (Å²) in [6.45, 7) is 3.43. The summed E-state index contributed by atoms with van der Waals surface area (Å²) in [5.41, 5.74) is 2.62. The van der Waals surface area contributed by atoms with E-state index in [0.29, 0.717) is 0 Å². The molecule has 0 saturated carbocycles. The van der Waals surface area contributed by atoms with Gasteiger partial charge in [0, 0.05) is 26.2 Å². The molecule has 108 valence electrons. The molecule has 0 N–H and O–H groups in total. The maximum absolute atomic E-state index is 10.9. The van der Waals surface area contributed by atoms with Crippen LogP contribution in [-0.2, 0) is 4.79 Å². The highest BCUT2D eigenvalue weighted by Gasteiger charge is 2.25. The summed E-state index contributed by atoms with van der Waals surface area (Å²) in [6, 6.07) is 21.5. The van der Waals surface area contributed by atoms with E-state index in [9.17, 15) is 4.79 Å². The maximum atomic E-state index is 10.9. The summed E-state index contributed by atoms with van der Waals surface area (Å²) < 4.78 is 0. The number of benzene rings is 2. The molecule has 3 heteroatoms. The van der Waals surface area contributed by atoms with Gasteiger partial charge in [0.1, 0.15) is 0 Å². The SMILES string of the molecule is O=CN1CCN(C(c2ccccc2)c2ccccc2)CC1. The van der Waals surface area contributed by atoms with Crippen LogP contribution in [0.1, 0.15) is 17.2 Å². The first-order valence-corrected chi connectivity index (χ1v) is 7.42. The minimum absolute atomic E-state index is 0.265. The van der Waals surface area contributed by atoms with Crippen LogP contribution in [0.4, 0.5) is 0 Å². The Morgan fingerprint density at radius 3 is 1.67 bits per heavy atom. The second-order valence-electron chi connectivity index (χ2n) is 5.40. The first-order valence-electron chi connectivity index (χ1n) is 7.42. The summed E-state index contributed by atoms with van der Waals surface area (Å²) in [5, 5.41) is 0. The Bertz CT molecular complexity index is 523. The number of hydrogen-bond donors (Lipinski definition) is 0. The number of rotatable bonds is 4. The van der Waals surface area contributed by atoms with Crippen molar-refractivity contribution in [2.45, 2.75) is 6.04 Å². The third-order valence-corrected chi connectivity index (χ3v) is 4.09. The van der Waals surface area contributed by atoms with Crippen LogP contribution in [0.15, 0.2) is 60.7 Å². The molecule has 21 heavy (non-hydrogen) atoms. The van der Waals surface area contributed by atoms with Crippen LogP contribution in [-0.4, -0.2) is 42.4 Å². The molecule has 0 aliphatic carbocycles. The van der Waals surface area contributed by atoms with Crippen LogP contribution in [0.5, 0.6) is 0 Å². The third kappa shape index (κ3) is 3.14. The average molecular weight is 280 g/mol. The second-order valence-corrected chi connectivity index (χ2v) is 5.40. The van der Waals surface area contributed by atoms with Gasteiger partial charge in [0.2, 0.25) is 6.41 Å². The second kappa shape index (κ2) is 6.55.